The lowest BCUT2D eigenvalue weighted by Crippen LogP contribution is -2.32. The summed E-state index contributed by atoms with van der Waals surface area (Å²) in [6, 6.07) is 3.42. The third-order valence-electron chi connectivity index (χ3n) is 3.95. The van der Waals surface area contributed by atoms with Crippen molar-refractivity contribution in [1.82, 2.24) is 5.32 Å². The Morgan fingerprint density at radius 1 is 1.14 bits per heavy atom. The number of amides is 1. The Labute approximate surface area is 167 Å². The van der Waals surface area contributed by atoms with Crippen LogP contribution in [0.15, 0.2) is 12.1 Å². The molecule has 0 aliphatic carbocycles. The average molecular weight is 389 g/mol. The molecule has 0 heterocycles. The lowest BCUT2D eigenvalue weighted by molar-refractivity contribution is 0.0525. The number of benzene rings is 1. The van der Waals surface area contributed by atoms with Crippen molar-refractivity contribution in [2.24, 2.45) is 0 Å². The molecular weight excluding hydrogens is 358 g/mol. The van der Waals surface area contributed by atoms with E-state index < -0.39 is 11.6 Å². The number of terminal acetylenes is 1. The quantitative estimate of drug-likeness (QED) is 0.389. The van der Waals surface area contributed by atoms with Crippen LogP contribution in [0, 0.1) is 19.3 Å². The van der Waals surface area contributed by atoms with E-state index in [2.05, 4.69) is 11.2 Å². The second kappa shape index (κ2) is 11.2. The van der Waals surface area contributed by atoms with E-state index >= 15 is 0 Å². The Bertz CT molecular complexity index is 713. The summed E-state index contributed by atoms with van der Waals surface area (Å²) >= 11 is 0. The van der Waals surface area contributed by atoms with Crippen molar-refractivity contribution in [3.63, 3.8) is 0 Å². The molecule has 0 saturated heterocycles. The molecule has 0 aliphatic heterocycles. The van der Waals surface area contributed by atoms with Crippen LogP contribution in [0.3, 0.4) is 0 Å². The zero-order valence-electron chi connectivity index (χ0n) is 17.5. The highest BCUT2D eigenvalue weighted by atomic mass is 16.6. The largest absolute Gasteiger partial charge is 0.494 e. The zero-order chi connectivity index (χ0) is 21.2. The molecule has 0 spiro atoms. The predicted molar refractivity (Wildman–Crippen MR) is 109 cm³/mol. The molecule has 0 aliphatic rings. The number of hydrogen-bond acceptors (Lipinski definition) is 5. The van der Waals surface area contributed by atoms with E-state index in [9.17, 15) is 9.59 Å². The van der Waals surface area contributed by atoms with Crippen molar-refractivity contribution in [2.75, 3.05) is 20.3 Å². The molecule has 28 heavy (non-hydrogen) atoms. The summed E-state index contributed by atoms with van der Waals surface area (Å²) in [4.78, 5) is 23.4. The highest BCUT2D eigenvalue weighted by Crippen LogP contribution is 2.23. The number of esters is 1. The number of alkyl carbamates (subject to hydrolysis) is 1. The van der Waals surface area contributed by atoms with Gasteiger partial charge in [0.2, 0.25) is 0 Å². The Morgan fingerprint density at radius 2 is 1.82 bits per heavy atom. The third kappa shape index (κ3) is 8.34. The second-order valence-corrected chi connectivity index (χ2v) is 7.47. The van der Waals surface area contributed by atoms with Gasteiger partial charge in [-0.2, -0.15) is 0 Å². The van der Waals surface area contributed by atoms with Crippen LogP contribution in [0.25, 0.3) is 0 Å². The predicted octanol–water partition coefficient (Wildman–Crippen LogP) is 4.23. The van der Waals surface area contributed by atoms with E-state index in [1.165, 1.54) is 7.11 Å². The topological polar surface area (TPSA) is 73.9 Å². The Kier molecular flexibility index (Phi) is 9.37. The highest BCUT2D eigenvalue weighted by Gasteiger charge is 2.15. The van der Waals surface area contributed by atoms with Gasteiger partial charge in [-0.3, -0.25) is 0 Å². The molecule has 154 valence electrons. The Morgan fingerprint density at radius 3 is 2.43 bits per heavy atom. The van der Waals surface area contributed by atoms with Crippen molar-refractivity contribution in [3.8, 4) is 18.1 Å². The van der Waals surface area contributed by atoms with Gasteiger partial charge >= 0.3 is 12.1 Å². The summed E-state index contributed by atoms with van der Waals surface area (Å²) in [5, 5.41) is 2.74. The van der Waals surface area contributed by atoms with Gasteiger partial charge in [0.05, 0.1) is 19.3 Å². The molecule has 0 aromatic heterocycles. The SMILES string of the molecule is C#Cc1cc(OCCCCCCNC(=O)OC(C)(C)C)cc(C(=O)OC)c1C. The molecule has 0 radical (unpaired) electrons. The lowest BCUT2D eigenvalue weighted by atomic mass is 10.0. The number of methoxy groups -OCH3 is 1. The molecular formula is C22H31NO5. The molecule has 0 bridgehead atoms. The summed E-state index contributed by atoms with van der Waals surface area (Å²) in [6.07, 6.45) is 8.79. The van der Waals surface area contributed by atoms with E-state index in [1.807, 2.05) is 20.8 Å². The first-order valence-electron chi connectivity index (χ1n) is 9.47. The van der Waals surface area contributed by atoms with Crippen LogP contribution in [0.5, 0.6) is 5.75 Å². The van der Waals surface area contributed by atoms with Gasteiger partial charge in [0.15, 0.2) is 0 Å². The van der Waals surface area contributed by atoms with Gasteiger partial charge in [0.1, 0.15) is 11.4 Å². The molecule has 0 fully saturated rings. The number of unbranched alkanes of at least 4 members (excludes halogenated alkanes) is 3. The van der Waals surface area contributed by atoms with Crippen molar-refractivity contribution < 1.29 is 23.8 Å². The summed E-state index contributed by atoms with van der Waals surface area (Å²) in [5.74, 6) is 2.70. The number of hydrogen-bond donors (Lipinski definition) is 1. The van der Waals surface area contributed by atoms with E-state index in [0.717, 1.165) is 25.7 Å². The van der Waals surface area contributed by atoms with Crippen molar-refractivity contribution >= 4 is 12.1 Å². The number of nitrogens with one attached hydrogen (secondary N) is 1. The fourth-order valence-electron chi connectivity index (χ4n) is 2.52. The maximum absolute atomic E-state index is 11.9. The molecule has 1 aromatic rings. The standard InChI is InChI=1S/C22H31NO5/c1-7-17-14-18(15-19(16(17)2)20(24)26-6)27-13-11-9-8-10-12-23-21(25)28-22(3,4)5/h1,14-15H,8-13H2,2-6H3,(H,23,25). The summed E-state index contributed by atoms with van der Waals surface area (Å²) in [6.45, 7) is 8.40. The molecule has 1 aromatic carbocycles. The van der Waals surface area contributed by atoms with Crippen LogP contribution in [-0.4, -0.2) is 37.9 Å². The van der Waals surface area contributed by atoms with Gasteiger partial charge in [-0.05, 0) is 58.2 Å². The Hall–Kier alpha value is -2.68. The first kappa shape index (κ1) is 23.4. The lowest BCUT2D eigenvalue weighted by Gasteiger charge is -2.19. The minimum Gasteiger partial charge on any atom is -0.494 e. The Balaban J connectivity index is 2.32. The number of rotatable bonds is 9. The van der Waals surface area contributed by atoms with Gasteiger partial charge in [-0.1, -0.05) is 18.8 Å². The zero-order valence-corrected chi connectivity index (χ0v) is 17.5. The summed E-state index contributed by atoms with van der Waals surface area (Å²) in [7, 11) is 1.34. The fraction of sp³-hybridized carbons (Fsp3) is 0.545. The number of carbonyl (C=O) groups excluding carboxylic acids is 2. The molecule has 6 heteroatoms. The average Bonchev–Trinajstić information content (AvgIpc) is 2.62. The van der Waals surface area contributed by atoms with Crippen molar-refractivity contribution in [1.29, 1.82) is 0 Å². The van der Waals surface area contributed by atoms with Crippen LogP contribution in [0.1, 0.15) is 67.9 Å². The molecule has 1 rings (SSSR count). The highest BCUT2D eigenvalue weighted by molar-refractivity contribution is 5.92. The van der Waals surface area contributed by atoms with Crippen molar-refractivity contribution in [3.05, 3.63) is 28.8 Å². The van der Waals surface area contributed by atoms with Gasteiger partial charge in [-0.25, -0.2) is 9.59 Å². The van der Waals surface area contributed by atoms with Gasteiger partial charge in [0, 0.05) is 12.1 Å². The molecule has 0 atom stereocenters. The monoisotopic (exact) mass is 389 g/mol. The van der Waals surface area contributed by atoms with Gasteiger partial charge in [-0.15, -0.1) is 6.42 Å². The first-order chi connectivity index (χ1) is 13.2. The van der Waals surface area contributed by atoms with Gasteiger partial charge < -0.3 is 19.5 Å². The number of ether oxygens (including phenoxy) is 3. The molecule has 1 amide bonds. The van der Waals surface area contributed by atoms with Crippen LogP contribution in [-0.2, 0) is 9.47 Å². The van der Waals surface area contributed by atoms with Crippen LogP contribution >= 0.6 is 0 Å². The molecule has 6 nitrogen and oxygen atoms in total. The minimum absolute atomic E-state index is 0.388. The van der Waals surface area contributed by atoms with E-state index in [-0.39, 0.29) is 6.09 Å². The third-order valence-corrected chi connectivity index (χ3v) is 3.95. The fourth-order valence-corrected chi connectivity index (χ4v) is 2.52. The normalized spacial score (nSPS) is 10.7. The van der Waals surface area contributed by atoms with Crippen LogP contribution in [0.4, 0.5) is 4.79 Å². The molecule has 1 N–H and O–H groups in total. The van der Waals surface area contributed by atoms with Crippen LogP contribution in [0.2, 0.25) is 0 Å². The first-order valence-corrected chi connectivity index (χ1v) is 9.47. The number of carbonyl (C=O) groups is 2. The minimum atomic E-state index is -0.482. The summed E-state index contributed by atoms with van der Waals surface area (Å²) < 4.78 is 15.7. The smallest absolute Gasteiger partial charge is 0.407 e. The molecule has 0 unspecified atom stereocenters. The van der Waals surface area contributed by atoms with E-state index in [4.69, 9.17) is 20.6 Å². The maximum Gasteiger partial charge on any atom is 0.407 e. The summed E-state index contributed by atoms with van der Waals surface area (Å²) in [5.41, 5.74) is 1.26. The maximum atomic E-state index is 11.9. The van der Waals surface area contributed by atoms with Crippen LogP contribution < -0.4 is 10.1 Å². The second-order valence-electron chi connectivity index (χ2n) is 7.47. The van der Waals surface area contributed by atoms with E-state index in [1.54, 1.807) is 19.1 Å². The van der Waals surface area contributed by atoms with E-state index in [0.29, 0.717) is 35.6 Å². The van der Waals surface area contributed by atoms with Crippen molar-refractivity contribution in [2.45, 2.75) is 59.0 Å². The molecule has 0 saturated carbocycles. The van der Waals surface area contributed by atoms with Gasteiger partial charge in [0.25, 0.3) is 0 Å².